The Morgan fingerprint density at radius 3 is 2.49 bits per heavy atom. The fourth-order valence-electron chi connectivity index (χ4n) is 3.86. The maximum absolute atomic E-state index is 13.2. The summed E-state index contributed by atoms with van der Waals surface area (Å²) >= 11 is 0. The molecule has 4 aromatic rings. The first-order valence-electron chi connectivity index (χ1n) is 12.0. The van der Waals surface area contributed by atoms with Crippen LogP contribution in [0, 0.1) is 0 Å². The molecule has 0 spiro atoms. The summed E-state index contributed by atoms with van der Waals surface area (Å²) in [5, 5.41) is 14.1. The van der Waals surface area contributed by atoms with Gasteiger partial charge in [0.25, 0.3) is 5.91 Å². The number of anilines is 1. The van der Waals surface area contributed by atoms with Crippen molar-refractivity contribution in [2.24, 2.45) is 0 Å². The number of carbonyl (C=O) groups is 2. The minimum Gasteiger partial charge on any atom is -0.465 e. The van der Waals surface area contributed by atoms with Crippen LogP contribution in [-0.2, 0) is 35.3 Å². The van der Waals surface area contributed by atoms with E-state index in [1.807, 2.05) is 0 Å². The number of ether oxygens (including phenoxy) is 1. The molecule has 0 radical (unpaired) electrons. The van der Waals surface area contributed by atoms with Crippen molar-refractivity contribution in [1.82, 2.24) is 25.1 Å². The van der Waals surface area contributed by atoms with Gasteiger partial charge in [-0.1, -0.05) is 24.3 Å². The van der Waals surface area contributed by atoms with Crippen molar-refractivity contribution in [2.45, 2.75) is 32.7 Å². The van der Waals surface area contributed by atoms with Gasteiger partial charge in [0, 0.05) is 35.8 Å². The van der Waals surface area contributed by atoms with Crippen LogP contribution in [-0.4, -0.2) is 38.2 Å². The summed E-state index contributed by atoms with van der Waals surface area (Å²) in [6.07, 6.45) is -1.31. The highest BCUT2D eigenvalue weighted by Gasteiger charge is 2.32. The Morgan fingerprint density at radius 2 is 1.74 bits per heavy atom. The van der Waals surface area contributed by atoms with Crippen molar-refractivity contribution in [3.8, 4) is 11.4 Å². The number of rotatable bonds is 10. The van der Waals surface area contributed by atoms with E-state index in [1.54, 1.807) is 60.3 Å². The van der Waals surface area contributed by atoms with E-state index < -0.39 is 23.6 Å². The third kappa shape index (κ3) is 6.98. The molecule has 12 heteroatoms. The smallest absolute Gasteiger partial charge is 0.416 e. The van der Waals surface area contributed by atoms with Crippen LogP contribution in [0.25, 0.3) is 11.4 Å². The maximum Gasteiger partial charge on any atom is 0.416 e. The van der Waals surface area contributed by atoms with Gasteiger partial charge in [-0.2, -0.15) is 13.2 Å². The van der Waals surface area contributed by atoms with Crippen molar-refractivity contribution in [3.63, 3.8) is 0 Å². The van der Waals surface area contributed by atoms with Gasteiger partial charge < -0.3 is 15.4 Å². The van der Waals surface area contributed by atoms with Gasteiger partial charge in [-0.3, -0.25) is 19.1 Å². The van der Waals surface area contributed by atoms with Crippen molar-refractivity contribution in [3.05, 3.63) is 95.6 Å². The number of hydrogen-bond acceptors (Lipinski definition) is 7. The maximum atomic E-state index is 13.2. The minimum absolute atomic E-state index is 0.0291. The highest BCUT2D eigenvalue weighted by Crippen LogP contribution is 2.31. The lowest BCUT2D eigenvalue weighted by Gasteiger charge is -2.14. The number of nitrogens with zero attached hydrogens (tertiary/aromatic N) is 4. The Morgan fingerprint density at radius 1 is 0.974 bits per heavy atom. The standard InChI is InChI=1S/C27H25F3N6O3/c1-2-39-24(37)17-36-23(34-35-25(36)18-10-12-31-13-11-18)16-32-21-8-5-7-19(14-21)26(38)33-15-20-6-3-4-9-22(20)27(28,29)30/h3-14,32H,2,15-17H2,1H3,(H,33,38). The minimum atomic E-state index is -4.52. The fraction of sp³-hybridized carbons (Fsp3) is 0.222. The molecule has 0 fully saturated rings. The summed E-state index contributed by atoms with van der Waals surface area (Å²) in [6.45, 7) is 1.74. The molecule has 202 valence electrons. The molecule has 0 aliphatic carbocycles. The molecule has 0 saturated carbocycles. The average molecular weight is 539 g/mol. The molecule has 1 amide bonds. The zero-order valence-electron chi connectivity index (χ0n) is 20.9. The van der Waals surface area contributed by atoms with E-state index in [-0.39, 0.29) is 37.4 Å². The third-order valence-corrected chi connectivity index (χ3v) is 5.70. The van der Waals surface area contributed by atoms with Crippen molar-refractivity contribution in [2.75, 3.05) is 11.9 Å². The van der Waals surface area contributed by atoms with Crippen LogP contribution in [0.2, 0.25) is 0 Å². The molecule has 4 rings (SSSR count). The quantitative estimate of drug-likeness (QED) is 0.287. The topological polar surface area (TPSA) is 111 Å². The number of hydrogen-bond donors (Lipinski definition) is 2. The lowest BCUT2D eigenvalue weighted by Crippen LogP contribution is -2.24. The number of pyridine rings is 1. The molecule has 39 heavy (non-hydrogen) atoms. The molecule has 2 N–H and O–H groups in total. The van der Waals surface area contributed by atoms with Gasteiger partial charge in [-0.05, 0) is 48.9 Å². The molecule has 0 aliphatic rings. The van der Waals surface area contributed by atoms with Crippen LogP contribution in [0.1, 0.15) is 34.2 Å². The van der Waals surface area contributed by atoms with Crippen LogP contribution in [0.15, 0.2) is 73.1 Å². The number of carbonyl (C=O) groups excluding carboxylic acids is 2. The highest BCUT2D eigenvalue weighted by molar-refractivity contribution is 5.95. The zero-order chi connectivity index (χ0) is 27.8. The summed E-state index contributed by atoms with van der Waals surface area (Å²) in [6, 6.07) is 15.1. The van der Waals surface area contributed by atoms with E-state index >= 15 is 0 Å². The number of alkyl halides is 3. The van der Waals surface area contributed by atoms with Gasteiger partial charge in [0.05, 0.1) is 18.7 Å². The van der Waals surface area contributed by atoms with E-state index in [4.69, 9.17) is 4.74 Å². The Hall–Kier alpha value is -4.74. The SMILES string of the molecule is CCOC(=O)Cn1c(CNc2cccc(C(=O)NCc3ccccc3C(F)(F)F)c2)nnc1-c1ccncc1. The number of nitrogens with one attached hydrogen (secondary N) is 2. The van der Waals surface area contributed by atoms with Gasteiger partial charge in [-0.15, -0.1) is 10.2 Å². The molecule has 0 aliphatic heterocycles. The van der Waals surface area contributed by atoms with Crippen LogP contribution in [0.5, 0.6) is 0 Å². The lowest BCUT2D eigenvalue weighted by atomic mass is 10.1. The Balaban J connectivity index is 1.46. The summed E-state index contributed by atoms with van der Waals surface area (Å²) in [5.41, 5.74) is 0.723. The number of amides is 1. The molecule has 0 unspecified atom stereocenters. The van der Waals surface area contributed by atoms with E-state index in [1.165, 1.54) is 18.2 Å². The van der Waals surface area contributed by atoms with E-state index in [2.05, 4.69) is 25.8 Å². The first-order valence-corrected chi connectivity index (χ1v) is 12.0. The second-order valence-electron chi connectivity index (χ2n) is 8.34. The van der Waals surface area contributed by atoms with Gasteiger partial charge in [0.1, 0.15) is 6.54 Å². The summed E-state index contributed by atoms with van der Waals surface area (Å²) < 4.78 is 46.5. The lowest BCUT2D eigenvalue weighted by molar-refractivity contribution is -0.143. The Bertz CT molecular complexity index is 1440. The predicted octanol–water partition coefficient (Wildman–Crippen LogP) is 4.46. The molecule has 2 aromatic carbocycles. The number of benzene rings is 2. The van der Waals surface area contributed by atoms with Crippen molar-refractivity contribution in [1.29, 1.82) is 0 Å². The average Bonchev–Trinajstić information content (AvgIpc) is 3.33. The zero-order valence-corrected chi connectivity index (χ0v) is 20.9. The third-order valence-electron chi connectivity index (χ3n) is 5.70. The number of halogens is 3. The van der Waals surface area contributed by atoms with Crippen LogP contribution in [0.4, 0.5) is 18.9 Å². The first-order chi connectivity index (χ1) is 18.8. The van der Waals surface area contributed by atoms with E-state index in [0.717, 1.165) is 11.6 Å². The molecule has 9 nitrogen and oxygen atoms in total. The molecular formula is C27H25F3N6O3. The molecule has 0 atom stereocenters. The van der Waals surface area contributed by atoms with Crippen LogP contribution >= 0.6 is 0 Å². The number of aromatic nitrogens is 4. The second kappa shape index (κ2) is 12.2. The van der Waals surface area contributed by atoms with Gasteiger partial charge in [-0.25, -0.2) is 0 Å². The largest absolute Gasteiger partial charge is 0.465 e. The Labute approximate surface area is 222 Å². The predicted molar refractivity (Wildman–Crippen MR) is 136 cm³/mol. The Kier molecular flexibility index (Phi) is 8.54. The van der Waals surface area contributed by atoms with Gasteiger partial charge in [0.15, 0.2) is 11.6 Å². The highest BCUT2D eigenvalue weighted by atomic mass is 19.4. The van der Waals surface area contributed by atoms with E-state index in [9.17, 15) is 22.8 Å². The first kappa shape index (κ1) is 27.3. The monoisotopic (exact) mass is 538 g/mol. The van der Waals surface area contributed by atoms with Gasteiger partial charge in [0.2, 0.25) is 0 Å². The molecule has 2 aromatic heterocycles. The molecule has 0 bridgehead atoms. The second-order valence-corrected chi connectivity index (χ2v) is 8.34. The summed E-state index contributed by atoms with van der Waals surface area (Å²) in [5.74, 6) is -0.0521. The fourth-order valence-corrected chi connectivity index (χ4v) is 3.86. The van der Waals surface area contributed by atoms with E-state index in [0.29, 0.717) is 17.3 Å². The molecular weight excluding hydrogens is 513 g/mol. The van der Waals surface area contributed by atoms with Crippen LogP contribution in [0.3, 0.4) is 0 Å². The normalized spacial score (nSPS) is 11.2. The van der Waals surface area contributed by atoms with Crippen LogP contribution < -0.4 is 10.6 Å². The van der Waals surface area contributed by atoms with Crippen molar-refractivity contribution < 1.29 is 27.5 Å². The number of esters is 1. The molecule has 0 saturated heterocycles. The van der Waals surface area contributed by atoms with Gasteiger partial charge >= 0.3 is 12.1 Å². The van der Waals surface area contributed by atoms with Crippen molar-refractivity contribution >= 4 is 17.6 Å². The summed E-state index contributed by atoms with van der Waals surface area (Å²) in [7, 11) is 0. The molecule has 2 heterocycles. The summed E-state index contributed by atoms with van der Waals surface area (Å²) in [4.78, 5) is 28.9.